The molecule has 0 aliphatic carbocycles. The number of nitrogens with zero attached hydrogens (tertiary/aromatic N) is 5. The average Bonchev–Trinajstić information content (AvgIpc) is 3.00. The van der Waals surface area contributed by atoms with E-state index in [-0.39, 0.29) is 12.5 Å². The normalized spacial score (nSPS) is 16.3. The number of piperidine rings is 1. The lowest BCUT2D eigenvalue weighted by Crippen LogP contribution is -2.45. The number of fused-ring (bicyclic) bond motifs is 1. The molecule has 1 amide bonds. The van der Waals surface area contributed by atoms with Crippen molar-refractivity contribution in [1.82, 2.24) is 28.9 Å². The minimum atomic E-state index is -0.540. The Balaban J connectivity index is 1.65. The van der Waals surface area contributed by atoms with Gasteiger partial charge in [-0.25, -0.2) is 14.3 Å². The highest BCUT2D eigenvalue weighted by Gasteiger charge is 2.18. The van der Waals surface area contributed by atoms with Gasteiger partial charge < -0.3 is 14.8 Å². The van der Waals surface area contributed by atoms with Crippen molar-refractivity contribution in [3.63, 3.8) is 0 Å². The number of aromatic nitrogens is 4. The summed E-state index contributed by atoms with van der Waals surface area (Å²) >= 11 is 0. The molecule has 0 saturated carbocycles. The van der Waals surface area contributed by atoms with Crippen LogP contribution in [0.3, 0.4) is 0 Å². The maximum absolute atomic E-state index is 12.6. The van der Waals surface area contributed by atoms with Crippen LogP contribution < -0.4 is 16.6 Å². The largest absolute Gasteiger partial charge is 0.353 e. The van der Waals surface area contributed by atoms with Gasteiger partial charge in [0.25, 0.3) is 5.56 Å². The van der Waals surface area contributed by atoms with Crippen molar-refractivity contribution in [1.29, 1.82) is 0 Å². The summed E-state index contributed by atoms with van der Waals surface area (Å²) in [6, 6.07) is 0. The number of likely N-dealkylation sites (tertiary alicyclic amines) is 1. The van der Waals surface area contributed by atoms with Gasteiger partial charge in [-0.15, -0.1) is 0 Å². The molecule has 3 heterocycles. The van der Waals surface area contributed by atoms with E-state index in [1.165, 1.54) is 23.7 Å². The third-order valence-corrected chi connectivity index (χ3v) is 5.13. The maximum Gasteiger partial charge on any atom is 0.332 e. The average molecular weight is 362 g/mol. The molecule has 9 nitrogen and oxygen atoms in total. The molecular weight excluding hydrogens is 336 g/mol. The summed E-state index contributed by atoms with van der Waals surface area (Å²) < 4.78 is 3.81. The number of aryl methyl sites for hydroxylation is 2. The van der Waals surface area contributed by atoms with Crippen LogP contribution >= 0.6 is 0 Å². The second-order valence-electron chi connectivity index (χ2n) is 7.13. The highest BCUT2D eigenvalue weighted by Crippen LogP contribution is 2.15. The Morgan fingerprint density at radius 3 is 2.65 bits per heavy atom. The van der Waals surface area contributed by atoms with Gasteiger partial charge in [0, 0.05) is 27.2 Å². The van der Waals surface area contributed by atoms with Crippen molar-refractivity contribution in [2.45, 2.75) is 26.3 Å². The van der Waals surface area contributed by atoms with E-state index in [9.17, 15) is 14.4 Å². The van der Waals surface area contributed by atoms with Crippen LogP contribution in [-0.4, -0.2) is 55.7 Å². The van der Waals surface area contributed by atoms with Crippen LogP contribution in [0.15, 0.2) is 15.9 Å². The Bertz CT molecular complexity index is 917. The van der Waals surface area contributed by atoms with Crippen LogP contribution in [0.5, 0.6) is 0 Å². The molecule has 3 rings (SSSR count). The van der Waals surface area contributed by atoms with E-state index in [0.29, 0.717) is 17.7 Å². The van der Waals surface area contributed by atoms with Gasteiger partial charge in [0.2, 0.25) is 5.91 Å². The lowest BCUT2D eigenvalue weighted by Gasteiger charge is -2.30. The number of imidazole rings is 1. The third-order valence-electron chi connectivity index (χ3n) is 5.13. The van der Waals surface area contributed by atoms with Gasteiger partial charge in [-0.1, -0.05) is 6.92 Å². The lowest BCUT2D eigenvalue weighted by molar-refractivity contribution is -0.121. The van der Waals surface area contributed by atoms with E-state index in [2.05, 4.69) is 22.1 Å². The molecule has 1 fully saturated rings. The molecule has 0 atom stereocenters. The maximum atomic E-state index is 12.6. The molecule has 1 aliphatic heterocycles. The van der Waals surface area contributed by atoms with Gasteiger partial charge in [-0.3, -0.25) is 14.2 Å². The Morgan fingerprint density at radius 1 is 1.27 bits per heavy atom. The second kappa shape index (κ2) is 7.45. The number of nitrogens with one attached hydrogen (secondary N) is 1. The van der Waals surface area contributed by atoms with Crippen LogP contribution in [0.2, 0.25) is 0 Å². The van der Waals surface area contributed by atoms with Crippen LogP contribution in [-0.2, 0) is 25.4 Å². The van der Waals surface area contributed by atoms with Gasteiger partial charge >= 0.3 is 5.69 Å². The van der Waals surface area contributed by atoms with Crippen LogP contribution in [0.25, 0.3) is 11.2 Å². The van der Waals surface area contributed by atoms with Gasteiger partial charge in [-0.2, -0.15) is 0 Å². The van der Waals surface area contributed by atoms with Crippen LogP contribution in [0.1, 0.15) is 19.8 Å². The zero-order valence-corrected chi connectivity index (χ0v) is 15.6. The highest BCUT2D eigenvalue weighted by molar-refractivity contribution is 5.76. The fourth-order valence-corrected chi connectivity index (χ4v) is 3.37. The van der Waals surface area contributed by atoms with E-state index in [1.54, 1.807) is 18.7 Å². The van der Waals surface area contributed by atoms with E-state index in [0.717, 1.165) is 30.1 Å². The first-order valence-electron chi connectivity index (χ1n) is 8.98. The van der Waals surface area contributed by atoms with Crippen molar-refractivity contribution < 1.29 is 4.79 Å². The predicted molar refractivity (Wildman–Crippen MR) is 98.1 cm³/mol. The summed E-state index contributed by atoms with van der Waals surface area (Å²) in [5.74, 6) is 0.432. The molecule has 0 aromatic carbocycles. The van der Waals surface area contributed by atoms with Crippen LogP contribution in [0.4, 0.5) is 0 Å². The topological polar surface area (TPSA) is 94.2 Å². The quantitative estimate of drug-likeness (QED) is 0.758. The van der Waals surface area contributed by atoms with E-state index in [1.807, 2.05) is 0 Å². The minimum Gasteiger partial charge on any atom is -0.353 e. The Kier molecular flexibility index (Phi) is 5.26. The number of rotatable bonds is 5. The molecule has 9 heteroatoms. The molecule has 142 valence electrons. The Labute approximate surface area is 151 Å². The molecule has 1 aliphatic rings. The number of carbonyl (C=O) groups is 1. The molecule has 0 spiro atoms. The van der Waals surface area contributed by atoms with Crippen molar-refractivity contribution in [3.8, 4) is 0 Å². The molecule has 2 aromatic rings. The van der Waals surface area contributed by atoms with E-state index >= 15 is 0 Å². The number of hydrogen-bond donors (Lipinski definition) is 1. The standard InChI is InChI=1S/C17H26N6O3/c1-12-4-7-22(8-5-12)9-6-18-13(24)10-23-16(25)14-15(19-11-20(14)2)21(3)17(23)26/h11-12H,4-10H2,1-3H3,(H,18,24). The van der Waals surface area contributed by atoms with Crippen molar-refractivity contribution in [2.75, 3.05) is 26.2 Å². The van der Waals surface area contributed by atoms with Crippen LogP contribution in [0, 0.1) is 5.92 Å². The van der Waals surface area contributed by atoms with Gasteiger partial charge in [0.15, 0.2) is 11.2 Å². The molecule has 26 heavy (non-hydrogen) atoms. The monoisotopic (exact) mass is 362 g/mol. The smallest absolute Gasteiger partial charge is 0.332 e. The molecule has 0 unspecified atom stereocenters. The van der Waals surface area contributed by atoms with Gasteiger partial charge in [0.1, 0.15) is 6.54 Å². The number of carbonyl (C=O) groups excluding carboxylic acids is 1. The van der Waals surface area contributed by atoms with E-state index in [4.69, 9.17) is 0 Å². The number of hydrogen-bond acceptors (Lipinski definition) is 5. The first-order chi connectivity index (χ1) is 12.4. The third kappa shape index (κ3) is 3.57. The molecule has 1 N–H and O–H groups in total. The molecule has 0 bridgehead atoms. The molecule has 2 aromatic heterocycles. The summed E-state index contributed by atoms with van der Waals surface area (Å²) in [5, 5.41) is 2.81. The minimum absolute atomic E-state index is 0.288. The summed E-state index contributed by atoms with van der Waals surface area (Å²) in [7, 11) is 3.23. The SMILES string of the molecule is CC1CCN(CCNC(=O)Cn2c(=O)c3c(ncn3C)n(C)c2=O)CC1. The van der Waals surface area contributed by atoms with Crippen molar-refractivity contribution in [2.24, 2.45) is 20.0 Å². The second-order valence-corrected chi connectivity index (χ2v) is 7.13. The summed E-state index contributed by atoms with van der Waals surface area (Å²) in [4.78, 5) is 43.6. The first-order valence-corrected chi connectivity index (χ1v) is 8.98. The number of amides is 1. The lowest BCUT2D eigenvalue weighted by atomic mass is 9.99. The summed E-state index contributed by atoms with van der Waals surface area (Å²) in [6.07, 6.45) is 3.85. The summed E-state index contributed by atoms with van der Waals surface area (Å²) in [5.41, 5.74) is -0.412. The zero-order valence-electron chi connectivity index (χ0n) is 15.6. The molecular formula is C17H26N6O3. The highest BCUT2D eigenvalue weighted by atomic mass is 16.2. The fraction of sp³-hybridized carbons (Fsp3) is 0.647. The van der Waals surface area contributed by atoms with Crippen molar-refractivity contribution >= 4 is 17.1 Å². The fourth-order valence-electron chi connectivity index (χ4n) is 3.37. The Hall–Kier alpha value is -2.42. The van der Waals surface area contributed by atoms with Crippen molar-refractivity contribution in [3.05, 3.63) is 27.2 Å². The summed E-state index contributed by atoms with van der Waals surface area (Å²) in [6.45, 7) is 5.37. The Morgan fingerprint density at radius 2 is 1.96 bits per heavy atom. The van der Waals surface area contributed by atoms with Gasteiger partial charge in [0.05, 0.1) is 6.33 Å². The molecule has 0 radical (unpaired) electrons. The van der Waals surface area contributed by atoms with Gasteiger partial charge in [-0.05, 0) is 31.8 Å². The predicted octanol–water partition coefficient (Wildman–Crippen LogP) is -0.718. The van der Waals surface area contributed by atoms with E-state index < -0.39 is 11.2 Å². The zero-order chi connectivity index (χ0) is 18.8. The molecule has 1 saturated heterocycles. The first kappa shape index (κ1) is 18.4.